The molecule has 4 nitrogen and oxygen atoms in total. The Morgan fingerprint density at radius 3 is 2.69 bits per heavy atom. The third-order valence-electron chi connectivity index (χ3n) is 4.60. The SMILES string of the molecule is CSc1ccccc1C(=O)N(Cc1ccccn1)c1nc2c(C)c(Cl)ccc2s1. The Labute approximate surface area is 182 Å². The van der Waals surface area contributed by atoms with Crippen molar-refractivity contribution in [2.45, 2.75) is 18.4 Å². The normalized spacial score (nSPS) is 11.0. The van der Waals surface area contributed by atoms with E-state index in [1.807, 2.05) is 67.8 Å². The summed E-state index contributed by atoms with van der Waals surface area (Å²) in [4.78, 5) is 25.4. The van der Waals surface area contributed by atoms with Crippen LogP contribution in [0.25, 0.3) is 10.2 Å². The van der Waals surface area contributed by atoms with Crippen molar-refractivity contribution in [1.82, 2.24) is 9.97 Å². The lowest BCUT2D eigenvalue weighted by Crippen LogP contribution is -2.31. The second kappa shape index (κ2) is 8.53. The number of nitrogens with zero attached hydrogens (tertiary/aromatic N) is 3. The van der Waals surface area contributed by atoms with Gasteiger partial charge in [-0.1, -0.05) is 41.1 Å². The van der Waals surface area contributed by atoms with E-state index in [-0.39, 0.29) is 5.91 Å². The maximum absolute atomic E-state index is 13.6. The zero-order valence-electron chi connectivity index (χ0n) is 15.9. The monoisotopic (exact) mass is 439 g/mol. The second-order valence-electron chi connectivity index (χ2n) is 6.43. The quantitative estimate of drug-likeness (QED) is 0.346. The Bertz CT molecular complexity index is 1180. The van der Waals surface area contributed by atoms with Crippen LogP contribution in [-0.4, -0.2) is 22.1 Å². The molecule has 0 bridgehead atoms. The van der Waals surface area contributed by atoms with Crippen LogP contribution in [0.15, 0.2) is 65.7 Å². The fourth-order valence-electron chi connectivity index (χ4n) is 3.05. The van der Waals surface area contributed by atoms with Crippen LogP contribution in [0.2, 0.25) is 5.02 Å². The number of amides is 1. The predicted octanol–water partition coefficient (Wildman–Crippen LogP) is 6.22. The first-order chi connectivity index (χ1) is 14.1. The van der Waals surface area contributed by atoms with Crippen LogP contribution >= 0.6 is 34.7 Å². The van der Waals surface area contributed by atoms with Gasteiger partial charge in [0.2, 0.25) is 0 Å². The van der Waals surface area contributed by atoms with E-state index in [0.29, 0.717) is 22.3 Å². The minimum absolute atomic E-state index is 0.0941. The maximum atomic E-state index is 13.6. The van der Waals surface area contributed by atoms with Crippen LogP contribution in [0.5, 0.6) is 0 Å². The smallest absolute Gasteiger partial charge is 0.261 e. The van der Waals surface area contributed by atoms with E-state index in [1.54, 1.807) is 22.9 Å². The Balaban J connectivity index is 1.82. The van der Waals surface area contributed by atoms with Crippen molar-refractivity contribution >= 4 is 56.0 Å². The Kier molecular flexibility index (Phi) is 5.85. The average molecular weight is 440 g/mol. The van der Waals surface area contributed by atoms with E-state index in [1.165, 1.54) is 11.3 Å². The number of pyridine rings is 1. The molecule has 4 rings (SSSR count). The van der Waals surface area contributed by atoms with E-state index in [2.05, 4.69) is 4.98 Å². The molecule has 7 heteroatoms. The minimum Gasteiger partial charge on any atom is -0.278 e. The summed E-state index contributed by atoms with van der Waals surface area (Å²) in [5, 5.41) is 1.31. The third kappa shape index (κ3) is 4.01. The molecule has 0 N–H and O–H groups in total. The number of hydrogen-bond acceptors (Lipinski definition) is 5. The van der Waals surface area contributed by atoms with Gasteiger partial charge >= 0.3 is 0 Å². The lowest BCUT2D eigenvalue weighted by atomic mass is 10.2. The number of thioether (sulfide) groups is 1. The molecule has 2 aromatic carbocycles. The maximum Gasteiger partial charge on any atom is 0.261 e. The van der Waals surface area contributed by atoms with Crippen LogP contribution in [0.1, 0.15) is 21.6 Å². The van der Waals surface area contributed by atoms with Gasteiger partial charge in [0.25, 0.3) is 5.91 Å². The minimum atomic E-state index is -0.0941. The largest absolute Gasteiger partial charge is 0.278 e. The molecule has 0 unspecified atom stereocenters. The first kappa shape index (κ1) is 19.9. The van der Waals surface area contributed by atoms with E-state index >= 15 is 0 Å². The molecule has 146 valence electrons. The highest BCUT2D eigenvalue weighted by atomic mass is 35.5. The Morgan fingerprint density at radius 2 is 1.93 bits per heavy atom. The van der Waals surface area contributed by atoms with Gasteiger partial charge in [-0.2, -0.15) is 0 Å². The van der Waals surface area contributed by atoms with Gasteiger partial charge in [0.15, 0.2) is 5.13 Å². The number of carbonyl (C=O) groups is 1. The summed E-state index contributed by atoms with van der Waals surface area (Å²) >= 11 is 9.31. The number of benzene rings is 2. The van der Waals surface area contributed by atoms with Crippen molar-refractivity contribution < 1.29 is 4.79 Å². The molecule has 0 spiro atoms. The second-order valence-corrected chi connectivity index (χ2v) is 8.69. The van der Waals surface area contributed by atoms with Crippen LogP contribution in [0, 0.1) is 6.92 Å². The molecule has 0 atom stereocenters. The number of aromatic nitrogens is 2. The summed E-state index contributed by atoms with van der Waals surface area (Å²) in [6.07, 6.45) is 3.70. The molecule has 0 aliphatic rings. The molecular weight excluding hydrogens is 422 g/mol. The van der Waals surface area contributed by atoms with Crippen LogP contribution in [-0.2, 0) is 6.54 Å². The van der Waals surface area contributed by atoms with Gasteiger partial charge in [-0.25, -0.2) is 4.98 Å². The summed E-state index contributed by atoms with van der Waals surface area (Å²) in [6.45, 7) is 2.29. The van der Waals surface area contributed by atoms with E-state index < -0.39 is 0 Å². The van der Waals surface area contributed by atoms with Gasteiger partial charge in [0.05, 0.1) is 28.0 Å². The number of fused-ring (bicyclic) bond motifs is 1. The van der Waals surface area contributed by atoms with Gasteiger partial charge < -0.3 is 0 Å². The van der Waals surface area contributed by atoms with E-state index in [4.69, 9.17) is 16.6 Å². The number of thiazole rings is 1. The molecule has 29 heavy (non-hydrogen) atoms. The zero-order chi connectivity index (χ0) is 20.4. The Hall–Kier alpha value is -2.41. The zero-order valence-corrected chi connectivity index (χ0v) is 18.3. The van der Waals surface area contributed by atoms with Crippen molar-refractivity contribution in [1.29, 1.82) is 0 Å². The number of halogens is 1. The summed E-state index contributed by atoms with van der Waals surface area (Å²) in [6, 6.07) is 17.2. The van der Waals surface area contributed by atoms with Crippen molar-refractivity contribution in [3.05, 3.63) is 82.6 Å². The van der Waals surface area contributed by atoms with Crippen molar-refractivity contribution in [2.75, 3.05) is 11.2 Å². The summed E-state index contributed by atoms with van der Waals surface area (Å²) in [5.74, 6) is -0.0941. The number of rotatable bonds is 5. The third-order valence-corrected chi connectivity index (χ3v) is 6.85. The molecule has 4 aromatic rings. The van der Waals surface area contributed by atoms with E-state index in [0.717, 1.165) is 26.4 Å². The predicted molar refractivity (Wildman–Crippen MR) is 122 cm³/mol. The molecule has 0 radical (unpaired) electrons. The van der Waals surface area contributed by atoms with Crippen LogP contribution in [0.4, 0.5) is 5.13 Å². The van der Waals surface area contributed by atoms with Gasteiger partial charge in [0, 0.05) is 16.1 Å². The first-order valence-corrected chi connectivity index (χ1v) is 11.4. The first-order valence-electron chi connectivity index (χ1n) is 8.99. The standard InChI is InChI=1S/C22H18ClN3OS2/c1-14-17(23)10-11-19-20(14)25-22(29-19)26(13-15-7-5-6-12-24-15)21(27)16-8-3-4-9-18(16)28-2/h3-12H,13H2,1-2H3. The molecular formula is C22H18ClN3OS2. The van der Waals surface area contributed by atoms with Crippen LogP contribution in [0.3, 0.4) is 0 Å². The highest BCUT2D eigenvalue weighted by Gasteiger charge is 2.24. The van der Waals surface area contributed by atoms with Gasteiger partial charge in [0.1, 0.15) is 0 Å². The molecule has 0 aliphatic carbocycles. The molecule has 0 aliphatic heterocycles. The number of aryl methyl sites for hydroxylation is 1. The van der Waals surface area contributed by atoms with E-state index in [9.17, 15) is 4.79 Å². The lowest BCUT2D eigenvalue weighted by Gasteiger charge is -2.20. The summed E-state index contributed by atoms with van der Waals surface area (Å²) in [5.41, 5.74) is 3.21. The molecule has 0 saturated heterocycles. The highest BCUT2D eigenvalue weighted by Crippen LogP contribution is 2.35. The molecule has 1 amide bonds. The number of hydrogen-bond donors (Lipinski definition) is 0. The van der Waals surface area contributed by atoms with Crippen molar-refractivity contribution in [3.63, 3.8) is 0 Å². The van der Waals surface area contributed by atoms with Gasteiger partial charge in [-0.05, 0) is 55.1 Å². The molecule has 2 aromatic heterocycles. The van der Waals surface area contributed by atoms with Crippen LogP contribution < -0.4 is 4.90 Å². The molecule has 0 fully saturated rings. The van der Waals surface area contributed by atoms with Gasteiger partial charge in [-0.3, -0.25) is 14.7 Å². The topological polar surface area (TPSA) is 46.1 Å². The fourth-order valence-corrected chi connectivity index (χ4v) is 4.82. The number of anilines is 1. The summed E-state index contributed by atoms with van der Waals surface area (Å²) in [7, 11) is 0. The highest BCUT2D eigenvalue weighted by molar-refractivity contribution is 7.98. The van der Waals surface area contributed by atoms with Crippen molar-refractivity contribution in [3.8, 4) is 0 Å². The number of carbonyl (C=O) groups excluding carboxylic acids is 1. The van der Waals surface area contributed by atoms with Crippen molar-refractivity contribution in [2.24, 2.45) is 0 Å². The summed E-state index contributed by atoms with van der Waals surface area (Å²) < 4.78 is 0.999. The Morgan fingerprint density at radius 1 is 1.14 bits per heavy atom. The average Bonchev–Trinajstić information content (AvgIpc) is 3.19. The lowest BCUT2D eigenvalue weighted by molar-refractivity contribution is 0.0982. The van der Waals surface area contributed by atoms with Gasteiger partial charge in [-0.15, -0.1) is 11.8 Å². The molecule has 2 heterocycles. The molecule has 0 saturated carbocycles. The fraction of sp³-hybridized carbons (Fsp3) is 0.136.